The van der Waals surface area contributed by atoms with Gasteiger partial charge in [-0.25, -0.2) is 4.98 Å². The first-order chi connectivity index (χ1) is 12.6. The molecule has 2 heterocycles. The average molecular weight is 376 g/mol. The second-order valence-electron chi connectivity index (χ2n) is 7.14. The number of ether oxygens (including phenoxy) is 1. The Balaban J connectivity index is 1.90. The molecule has 0 aliphatic heterocycles. The van der Waals surface area contributed by atoms with Crippen molar-refractivity contribution in [1.29, 1.82) is 0 Å². The molecule has 0 radical (unpaired) electrons. The first kappa shape index (κ1) is 19.1. The van der Waals surface area contributed by atoms with Crippen molar-refractivity contribution in [3.05, 3.63) is 27.7 Å². The van der Waals surface area contributed by atoms with Crippen molar-refractivity contribution in [2.75, 3.05) is 20.3 Å². The number of nitrogens with zero attached hydrogens (tertiary/aromatic N) is 2. The van der Waals surface area contributed by atoms with Crippen LogP contribution in [-0.4, -0.2) is 35.7 Å². The van der Waals surface area contributed by atoms with Gasteiger partial charge in [-0.2, -0.15) is 0 Å². The van der Waals surface area contributed by atoms with Crippen LogP contribution in [0.2, 0.25) is 0 Å². The third-order valence-electron chi connectivity index (χ3n) is 5.25. The number of aromatic nitrogens is 2. The van der Waals surface area contributed by atoms with Crippen molar-refractivity contribution in [3.63, 3.8) is 0 Å². The highest BCUT2D eigenvalue weighted by Gasteiger charge is 2.22. The van der Waals surface area contributed by atoms with Crippen LogP contribution in [0.4, 0.5) is 0 Å². The Bertz CT molecular complexity index is 744. The molecule has 2 aromatic rings. The molecule has 0 bridgehead atoms. The van der Waals surface area contributed by atoms with E-state index in [1.807, 2.05) is 13.0 Å². The molecule has 1 amide bonds. The maximum atomic E-state index is 12.6. The predicted molar refractivity (Wildman–Crippen MR) is 106 cm³/mol. The van der Waals surface area contributed by atoms with Crippen LogP contribution in [-0.2, 0) is 11.3 Å². The molecular formula is C20H29N3O2S. The smallest absolute Gasteiger partial charge is 0.253 e. The summed E-state index contributed by atoms with van der Waals surface area (Å²) in [7, 11) is 1.64. The summed E-state index contributed by atoms with van der Waals surface area (Å²) in [4.78, 5) is 17.3. The van der Waals surface area contributed by atoms with Gasteiger partial charge in [0, 0.05) is 31.3 Å². The summed E-state index contributed by atoms with van der Waals surface area (Å²) in [5, 5.41) is 6.09. The molecule has 1 fully saturated rings. The molecule has 1 saturated carbocycles. The molecule has 2 aromatic heterocycles. The first-order valence-electron chi connectivity index (χ1n) is 9.50. The fraction of sp³-hybridized carbons (Fsp3) is 0.600. The second-order valence-corrected chi connectivity index (χ2v) is 8.21. The molecule has 0 atom stereocenters. The third-order valence-corrected chi connectivity index (χ3v) is 6.02. The summed E-state index contributed by atoms with van der Waals surface area (Å²) >= 11 is 1.65. The van der Waals surface area contributed by atoms with Gasteiger partial charge in [0.05, 0.1) is 28.6 Å². The molecule has 142 valence electrons. The van der Waals surface area contributed by atoms with Crippen LogP contribution in [0.15, 0.2) is 11.4 Å². The monoisotopic (exact) mass is 375 g/mol. The predicted octanol–water partition coefficient (Wildman–Crippen LogP) is 4.18. The second kappa shape index (κ2) is 8.82. The zero-order chi connectivity index (χ0) is 18.5. The Kier molecular flexibility index (Phi) is 6.48. The van der Waals surface area contributed by atoms with Gasteiger partial charge in [-0.15, -0.1) is 11.3 Å². The molecule has 0 saturated heterocycles. The molecule has 3 rings (SSSR count). The number of rotatable bonds is 7. The number of thiazole rings is 1. The molecule has 0 unspecified atom stereocenters. The number of hydrogen-bond donors (Lipinski definition) is 1. The van der Waals surface area contributed by atoms with Gasteiger partial charge in [-0.1, -0.05) is 19.3 Å². The highest BCUT2D eigenvalue weighted by Crippen LogP contribution is 2.31. The van der Waals surface area contributed by atoms with E-state index in [1.54, 1.807) is 18.4 Å². The van der Waals surface area contributed by atoms with Gasteiger partial charge in [-0.3, -0.25) is 4.79 Å². The Morgan fingerprint density at radius 2 is 2.12 bits per heavy atom. The molecule has 6 heteroatoms. The van der Waals surface area contributed by atoms with Gasteiger partial charge < -0.3 is 14.6 Å². The molecule has 1 N–H and O–H groups in total. The minimum absolute atomic E-state index is 0.0323. The summed E-state index contributed by atoms with van der Waals surface area (Å²) in [5.74, 6) is 0.660. The van der Waals surface area contributed by atoms with E-state index in [0.29, 0.717) is 19.1 Å². The normalized spacial score (nSPS) is 15.3. The van der Waals surface area contributed by atoms with E-state index in [2.05, 4.69) is 27.2 Å². The highest BCUT2D eigenvalue weighted by molar-refractivity contribution is 7.09. The lowest BCUT2D eigenvalue weighted by Crippen LogP contribution is -2.27. The SMILES string of the molecule is COCCNC(=O)c1cc(-c2csc(C)n2)n(CC2CCCCC2)c1C. The Morgan fingerprint density at radius 3 is 2.77 bits per heavy atom. The van der Waals surface area contributed by atoms with Crippen molar-refractivity contribution in [2.45, 2.75) is 52.5 Å². The Labute approximate surface area is 159 Å². The van der Waals surface area contributed by atoms with Crippen LogP contribution in [0.25, 0.3) is 11.4 Å². The quantitative estimate of drug-likeness (QED) is 0.739. The summed E-state index contributed by atoms with van der Waals surface area (Å²) in [6.07, 6.45) is 6.55. The summed E-state index contributed by atoms with van der Waals surface area (Å²) in [6, 6.07) is 2.01. The van der Waals surface area contributed by atoms with E-state index in [1.165, 1.54) is 32.1 Å². The Hall–Kier alpha value is -1.66. The summed E-state index contributed by atoms with van der Waals surface area (Å²) in [5.41, 5.74) is 3.82. The lowest BCUT2D eigenvalue weighted by atomic mass is 9.89. The standard InChI is InChI=1S/C20H29N3O2S/c1-14-17(20(24)21-9-10-25-3)11-19(18-13-26-15(2)22-18)23(14)12-16-7-5-4-6-8-16/h11,13,16H,4-10,12H2,1-3H3,(H,21,24). The lowest BCUT2D eigenvalue weighted by Gasteiger charge is -2.24. The minimum atomic E-state index is -0.0323. The van der Waals surface area contributed by atoms with Gasteiger partial charge in [0.2, 0.25) is 0 Å². The maximum absolute atomic E-state index is 12.6. The van der Waals surface area contributed by atoms with E-state index >= 15 is 0 Å². The van der Waals surface area contributed by atoms with Crippen LogP contribution in [0.1, 0.15) is 53.2 Å². The number of aryl methyl sites for hydroxylation is 1. The molecular weight excluding hydrogens is 346 g/mol. The number of carbonyl (C=O) groups excluding carboxylic acids is 1. The average Bonchev–Trinajstić information content (AvgIpc) is 3.20. The van der Waals surface area contributed by atoms with Crippen molar-refractivity contribution < 1.29 is 9.53 Å². The fourth-order valence-electron chi connectivity index (χ4n) is 3.79. The minimum Gasteiger partial charge on any atom is -0.383 e. The molecule has 0 aromatic carbocycles. The largest absolute Gasteiger partial charge is 0.383 e. The van der Waals surface area contributed by atoms with Crippen LogP contribution < -0.4 is 5.32 Å². The van der Waals surface area contributed by atoms with Gasteiger partial charge in [0.15, 0.2) is 0 Å². The maximum Gasteiger partial charge on any atom is 0.253 e. The van der Waals surface area contributed by atoms with Crippen LogP contribution >= 0.6 is 11.3 Å². The van der Waals surface area contributed by atoms with Crippen LogP contribution in [0.3, 0.4) is 0 Å². The molecule has 1 aliphatic carbocycles. The van der Waals surface area contributed by atoms with Crippen molar-refractivity contribution >= 4 is 17.2 Å². The number of hydrogen-bond acceptors (Lipinski definition) is 4. The summed E-state index contributed by atoms with van der Waals surface area (Å²) in [6.45, 7) is 6.09. The van der Waals surface area contributed by atoms with E-state index in [4.69, 9.17) is 4.74 Å². The molecule has 26 heavy (non-hydrogen) atoms. The summed E-state index contributed by atoms with van der Waals surface area (Å²) < 4.78 is 7.35. The number of nitrogens with one attached hydrogen (secondary N) is 1. The lowest BCUT2D eigenvalue weighted by molar-refractivity contribution is 0.0936. The van der Waals surface area contributed by atoms with Crippen LogP contribution in [0, 0.1) is 19.8 Å². The number of carbonyl (C=O) groups is 1. The van der Waals surface area contributed by atoms with Crippen molar-refractivity contribution in [1.82, 2.24) is 14.9 Å². The van der Waals surface area contributed by atoms with E-state index in [0.717, 1.165) is 34.2 Å². The van der Waals surface area contributed by atoms with E-state index in [-0.39, 0.29) is 5.91 Å². The van der Waals surface area contributed by atoms with Gasteiger partial charge in [0.25, 0.3) is 5.91 Å². The van der Waals surface area contributed by atoms with Crippen LogP contribution in [0.5, 0.6) is 0 Å². The topological polar surface area (TPSA) is 56.1 Å². The third kappa shape index (κ3) is 4.35. The first-order valence-corrected chi connectivity index (χ1v) is 10.4. The molecule has 1 aliphatic rings. The van der Waals surface area contributed by atoms with Crippen molar-refractivity contribution in [3.8, 4) is 11.4 Å². The van der Waals surface area contributed by atoms with Gasteiger partial charge in [0.1, 0.15) is 0 Å². The molecule has 0 spiro atoms. The Morgan fingerprint density at radius 1 is 1.35 bits per heavy atom. The fourth-order valence-corrected chi connectivity index (χ4v) is 4.40. The van der Waals surface area contributed by atoms with Crippen molar-refractivity contribution in [2.24, 2.45) is 5.92 Å². The van der Waals surface area contributed by atoms with E-state index < -0.39 is 0 Å². The number of methoxy groups -OCH3 is 1. The molecule has 5 nitrogen and oxygen atoms in total. The zero-order valence-corrected chi connectivity index (χ0v) is 16.8. The van der Waals surface area contributed by atoms with E-state index in [9.17, 15) is 4.79 Å². The highest BCUT2D eigenvalue weighted by atomic mass is 32.1. The van der Waals surface area contributed by atoms with Gasteiger partial charge >= 0.3 is 0 Å². The zero-order valence-electron chi connectivity index (χ0n) is 16.0. The number of amides is 1. The van der Waals surface area contributed by atoms with Gasteiger partial charge in [-0.05, 0) is 38.7 Å².